The van der Waals surface area contributed by atoms with Gasteiger partial charge in [0.1, 0.15) is 0 Å². The molecule has 8 heteroatoms. The lowest BCUT2D eigenvalue weighted by Crippen LogP contribution is -2.22. The Morgan fingerprint density at radius 2 is 0.786 bits per heavy atom. The summed E-state index contributed by atoms with van der Waals surface area (Å²) in [5, 5.41) is 6.31. The molecule has 0 spiro atoms. The number of aromatic nitrogens is 4. The van der Waals surface area contributed by atoms with Crippen LogP contribution in [0.1, 0.15) is 11.1 Å². The van der Waals surface area contributed by atoms with Crippen molar-refractivity contribution in [3.8, 4) is 11.4 Å². The second-order valence-corrected chi connectivity index (χ2v) is 19.8. The number of pyridine rings is 2. The first kappa shape index (κ1) is 31.7. The van der Waals surface area contributed by atoms with E-state index in [1.807, 2.05) is 109 Å². The zero-order valence-electron chi connectivity index (χ0n) is 29.8. The van der Waals surface area contributed by atoms with E-state index in [4.69, 9.17) is 9.97 Å². The Hall–Kier alpha value is -6.58. The van der Waals surface area contributed by atoms with E-state index >= 15 is 9.13 Å². The smallest absolute Gasteiger partial charge is 0.173 e. The molecule has 2 unspecified atom stereocenters. The first-order valence-electron chi connectivity index (χ1n) is 18.6. The predicted octanol–water partition coefficient (Wildman–Crippen LogP) is 10.2. The molecular weight excluding hydrogens is 727 g/mol. The van der Waals surface area contributed by atoms with Gasteiger partial charge < -0.3 is 18.3 Å². The molecule has 0 N–H and O–H groups in total. The van der Waals surface area contributed by atoms with Crippen molar-refractivity contribution in [2.75, 3.05) is 0 Å². The van der Waals surface area contributed by atoms with Gasteiger partial charge in [-0.3, -0.25) is 9.97 Å². The monoisotopic (exact) mass is 756 g/mol. The first-order valence-corrected chi connectivity index (χ1v) is 22.0. The van der Waals surface area contributed by atoms with Gasteiger partial charge in [0.25, 0.3) is 0 Å². The van der Waals surface area contributed by atoms with Crippen molar-refractivity contribution in [2.24, 2.45) is 0 Å². The van der Waals surface area contributed by atoms with Crippen molar-refractivity contribution in [3.05, 3.63) is 193 Å². The highest BCUT2D eigenvalue weighted by molar-refractivity contribution is 7.96. The lowest BCUT2D eigenvalue weighted by molar-refractivity contribution is 0.592. The highest BCUT2D eigenvalue weighted by Crippen LogP contribution is 2.77. The van der Waals surface area contributed by atoms with E-state index in [0.717, 1.165) is 77.0 Å². The molecule has 2 atom stereocenters. The van der Waals surface area contributed by atoms with Crippen LogP contribution in [-0.4, -0.2) is 19.1 Å². The number of fused-ring (bicyclic) bond motifs is 10. The van der Waals surface area contributed by atoms with Gasteiger partial charge in [0.05, 0.1) is 33.1 Å². The standard InChI is InChI=1S/C48H30N4O2P2/c53-55(33-13-3-1-4-14-33)43-29-31(51-39-19-9-7-17-35(39)45-41(51)21-11-27-49-45)23-25-37(43)48-47(55)38-26-24-32(30-44(38)56(48,54)34-15-5-2-6-16-34)52-40-20-10-8-18-36(40)46-42(52)22-12-28-50-46/h1-30H. The zero-order chi connectivity index (χ0) is 37.2. The summed E-state index contributed by atoms with van der Waals surface area (Å²) >= 11 is 0. The maximum absolute atomic E-state index is 16.6. The van der Waals surface area contributed by atoms with E-state index in [9.17, 15) is 0 Å². The maximum Gasteiger partial charge on any atom is 0.173 e. The summed E-state index contributed by atoms with van der Waals surface area (Å²) in [7, 11) is -7.18. The molecule has 2 aliphatic rings. The summed E-state index contributed by atoms with van der Waals surface area (Å²) in [5.41, 5.74) is 9.10. The molecule has 6 aromatic carbocycles. The fourth-order valence-corrected chi connectivity index (χ4v) is 16.7. The fraction of sp³-hybridized carbons (Fsp3) is 0. The topological polar surface area (TPSA) is 69.8 Å². The van der Waals surface area contributed by atoms with Crippen LogP contribution in [0.15, 0.2) is 182 Å². The van der Waals surface area contributed by atoms with Crippen LogP contribution in [-0.2, 0) is 9.13 Å². The van der Waals surface area contributed by atoms with Gasteiger partial charge >= 0.3 is 0 Å². The summed E-state index contributed by atoms with van der Waals surface area (Å²) in [6.45, 7) is 0. The molecular formula is C48H30N4O2P2. The lowest BCUT2D eigenvalue weighted by atomic mass is 10.1. The summed E-state index contributed by atoms with van der Waals surface area (Å²) < 4.78 is 37.7. The van der Waals surface area contributed by atoms with Crippen LogP contribution < -0.4 is 21.2 Å². The average molecular weight is 757 g/mol. The van der Waals surface area contributed by atoms with E-state index in [1.165, 1.54) is 0 Å². The van der Waals surface area contributed by atoms with Crippen molar-refractivity contribution in [1.29, 1.82) is 0 Å². The fourth-order valence-electron chi connectivity index (χ4n) is 9.31. The third kappa shape index (κ3) is 4.02. The number of rotatable bonds is 4. The van der Waals surface area contributed by atoms with Crippen molar-refractivity contribution >= 4 is 90.0 Å². The Morgan fingerprint density at radius 3 is 1.23 bits per heavy atom. The lowest BCUT2D eigenvalue weighted by Gasteiger charge is -2.23. The highest BCUT2D eigenvalue weighted by atomic mass is 31.2. The number of hydrogen-bond donors (Lipinski definition) is 0. The van der Waals surface area contributed by atoms with Crippen molar-refractivity contribution < 1.29 is 9.13 Å². The van der Waals surface area contributed by atoms with Gasteiger partial charge in [-0.15, -0.1) is 0 Å². The number of benzene rings is 6. The Kier molecular flexibility index (Phi) is 6.50. The van der Waals surface area contributed by atoms with E-state index in [-0.39, 0.29) is 0 Å². The third-order valence-corrected chi connectivity index (χ3v) is 18.1. The third-order valence-electron chi connectivity index (χ3n) is 11.6. The second-order valence-electron chi connectivity index (χ2n) is 14.4. The van der Waals surface area contributed by atoms with Crippen LogP contribution in [0.4, 0.5) is 0 Å². The van der Waals surface area contributed by atoms with E-state index in [0.29, 0.717) is 21.2 Å². The largest absolute Gasteiger partial charge is 0.309 e. The average Bonchev–Trinajstić information content (AvgIpc) is 3.95. The van der Waals surface area contributed by atoms with Gasteiger partial charge in [-0.1, -0.05) is 109 Å². The van der Waals surface area contributed by atoms with E-state index < -0.39 is 14.3 Å². The quantitative estimate of drug-likeness (QED) is 0.168. The van der Waals surface area contributed by atoms with Gasteiger partial charge in [0.15, 0.2) is 14.3 Å². The summed E-state index contributed by atoms with van der Waals surface area (Å²) in [5.74, 6) is 0. The summed E-state index contributed by atoms with van der Waals surface area (Å²) in [4.78, 5) is 9.52. The molecule has 0 saturated carbocycles. The molecule has 6 nitrogen and oxygen atoms in total. The van der Waals surface area contributed by atoms with Crippen LogP contribution in [0.3, 0.4) is 0 Å². The number of nitrogens with zero attached hydrogens (tertiary/aromatic N) is 4. The molecule has 0 amide bonds. The minimum Gasteiger partial charge on any atom is -0.309 e. The van der Waals surface area contributed by atoms with Gasteiger partial charge in [-0.05, 0) is 71.8 Å². The van der Waals surface area contributed by atoms with Crippen LogP contribution in [0.25, 0.3) is 65.9 Å². The van der Waals surface area contributed by atoms with Crippen LogP contribution >= 0.6 is 14.3 Å². The first-order chi connectivity index (χ1) is 27.6. The SMILES string of the molecule is O=P1(c2ccccc2)C2=C(c3ccc(-n4c5ccccc5c5ncccc54)cc31)P(=O)(c1ccccc1)c1cc(-n3c4ccccc4c4ncccc43)ccc12. The Morgan fingerprint density at radius 1 is 0.393 bits per heavy atom. The predicted molar refractivity (Wildman–Crippen MR) is 231 cm³/mol. The maximum atomic E-state index is 16.6. The summed E-state index contributed by atoms with van der Waals surface area (Å²) in [6.07, 6.45) is 3.64. The molecule has 0 saturated heterocycles. The van der Waals surface area contributed by atoms with Crippen molar-refractivity contribution in [1.82, 2.24) is 19.1 Å². The van der Waals surface area contributed by atoms with Crippen molar-refractivity contribution in [2.45, 2.75) is 0 Å². The van der Waals surface area contributed by atoms with Crippen molar-refractivity contribution in [3.63, 3.8) is 0 Å². The molecule has 0 aliphatic carbocycles. The molecule has 10 aromatic rings. The molecule has 0 radical (unpaired) electrons. The van der Waals surface area contributed by atoms with Crippen LogP contribution in [0.5, 0.6) is 0 Å². The number of hydrogen-bond acceptors (Lipinski definition) is 4. The minimum absolute atomic E-state index is 0.678. The van der Waals surface area contributed by atoms with Crippen LogP contribution in [0.2, 0.25) is 0 Å². The summed E-state index contributed by atoms with van der Waals surface area (Å²) in [6, 6.07) is 56.5. The minimum atomic E-state index is -3.59. The van der Waals surface area contributed by atoms with Crippen LogP contribution in [0, 0.1) is 0 Å². The van der Waals surface area contributed by atoms with E-state index in [1.54, 1.807) is 0 Å². The van der Waals surface area contributed by atoms with Gasteiger partial charge in [0, 0.05) is 66.4 Å². The molecule has 0 bridgehead atoms. The van der Waals surface area contributed by atoms with E-state index in [2.05, 4.69) is 81.9 Å². The van der Waals surface area contributed by atoms with Gasteiger partial charge in [-0.25, -0.2) is 0 Å². The zero-order valence-corrected chi connectivity index (χ0v) is 31.6. The Bertz CT molecular complexity index is 3100. The molecule has 4 aromatic heterocycles. The Balaban J connectivity index is 1.15. The molecule has 12 rings (SSSR count). The molecule has 2 aliphatic heterocycles. The molecule has 56 heavy (non-hydrogen) atoms. The number of para-hydroxylation sites is 2. The normalized spacial score (nSPS) is 18.6. The molecule has 264 valence electrons. The Labute approximate surface area is 321 Å². The second kappa shape index (κ2) is 11.5. The highest BCUT2D eigenvalue weighted by Gasteiger charge is 2.55. The molecule has 6 heterocycles. The van der Waals surface area contributed by atoms with Gasteiger partial charge in [0.2, 0.25) is 0 Å². The van der Waals surface area contributed by atoms with Gasteiger partial charge in [-0.2, -0.15) is 0 Å². The molecule has 0 fully saturated rings.